The van der Waals surface area contributed by atoms with E-state index in [1.54, 1.807) is 22.8 Å². The fourth-order valence-corrected chi connectivity index (χ4v) is 5.26. The van der Waals surface area contributed by atoms with Gasteiger partial charge in [-0.25, -0.2) is 8.42 Å². The standard InChI is InChI=1S/C14H24ClN3O2S/c1-11-13(12(2)18(16-11)9-7-15)21(19,20)17-8-5-6-14(3,4)10-17/h5-10H2,1-4H3. The van der Waals surface area contributed by atoms with Gasteiger partial charge in [-0.1, -0.05) is 13.8 Å². The highest BCUT2D eigenvalue weighted by Gasteiger charge is 2.36. The minimum atomic E-state index is -3.48. The highest BCUT2D eigenvalue weighted by atomic mass is 35.5. The molecule has 0 aromatic carbocycles. The molecule has 2 heterocycles. The van der Waals surface area contributed by atoms with Crippen molar-refractivity contribution in [2.24, 2.45) is 5.41 Å². The zero-order valence-electron chi connectivity index (χ0n) is 13.2. The van der Waals surface area contributed by atoms with Crippen LogP contribution in [0.15, 0.2) is 4.90 Å². The maximum absolute atomic E-state index is 13.0. The summed E-state index contributed by atoms with van der Waals surface area (Å²) in [6.45, 7) is 9.46. The second-order valence-corrected chi connectivity index (χ2v) is 8.77. The quantitative estimate of drug-likeness (QED) is 0.796. The summed E-state index contributed by atoms with van der Waals surface area (Å²) in [7, 11) is -3.48. The molecule has 120 valence electrons. The van der Waals surface area contributed by atoms with Gasteiger partial charge in [-0.2, -0.15) is 9.40 Å². The Balaban J connectivity index is 2.40. The molecule has 1 aromatic rings. The molecule has 1 aliphatic rings. The van der Waals surface area contributed by atoms with Crippen LogP contribution < -0.4 is 0 Å². The van der Waals surface area contributed by atoms with Crippen molar-refractivity contribution in [2.45, 2.75) is 52.0 Å². The Bertz CT molecular complexity index is 622. The van der Waals surface area contributed by atoms with Gasteiger partial charge in [0.15, 0.2) is 0 Å². The van der Waals surface area contributed by atoms with E-state index in [0.717, 1.165) is 12.8 Å². The number of aromatic nitrogens is 2. The molecule has 0 spiro atoms. The van der Waals surface area contributed by atoms with Crippen LogP contribution in [-0.4, -0.2) is 41.5 Å². The smallest absolute Gasteiger partial charge is 0.246 e. The van der Waals surface area contributed by atoms with Crippen LogP contribution in [0, 0.1) is 19.3 Å². The third-order valence-corrected chi connectivity index (χ3v) is 6.34. The fourth-order valence-electron chi connectivity index (χ4n) is 3.06. The van der Waals surface area contributed by atoms with Crippen LogP contribution >= 0.6 is 11.6 Å². The molecule has 0 N–H and O–H groups in total. The van der Waals surface area contributed by atoms with Crippen molar-refractivity contribution in [2.75, 3.05) is 19.0 Å². The lowest BCUT2D eigenvalue weighted by Crippen LogP contribution is -2.43. The normalized spacial score (nSPS) is 19.9. The van der Waals surface area contributed by atoms with E-state index in [-0.39, 0.29) is 5.41 Å². The van der Waals surface area contributed by atoms with Gasteiger partial charge in [-0.05, 0) is 32.1 Å². The van der Waals surface area contributed by atoms with Gasteiger partial charge in [0.25, 0.3) is 0 Å². The fraction of sp³-hybridized carbons (Fsp3) is 0.786. The molecule has 0 bridgehead atoms. The Hall–Kier alpha value is -0.590. The number of piperidine rings is 1. The molecule has 0 amide bonds. The van der Waals surface area contributed by atoms with E-state index < -0.39 is 10.0 Å². The first kappa shape index (κ1) is 16.8. The minimum absolute atomic E-state index is 0.0270. The number of halogens is 1. The third kappa shape index (κ3) is 3.27. The van der Waals surface area contributed by atoms with E-state index in [0.29, 0.717) is 41.8 Å². The summed E-state index contributed by atoms with van der Waals surface area (Å²) in [5, 5.41) is 4.32. The third-order valence-electron chi connectivity index (χ3n) is 4.07. The average Bonchev–Trinajstić information content (AvgIpc) is 2.64. The summed E-state index contributed by atoms with van der Waals surface area (Å²) in [4.78, 5) is 0.352. The molecule has 2 rings (SSSR count). The van der Waals surface area contributed by atoms with Gasteiger partial charge >= 0.3 is 0 Å². The van der Waals surface area contributed by atoms with Crippen LogP contribution in [0.2, 0.25) is 0 Å². The summed E-state index contributed by atoms with van der Waals surface area (Å²) in [6, 6.07) is 0. The summed E-state index contributed by atoms with van der Waals surface area (Å²) in [6.07, 6.45) is 1.96. The molecule has 1 aromatic heterocycles. The van der Waals surface area contributed by atoms with Crippen LogP contribution in [0.1, 0.15) is 38.1 Å². The molecule has 7 heteroatoms. The molecule has 1 fully saturated rings. The molecule has 5 nitrogen and oxygen atoms in total. The number of nitrogens with zero attached hydrogens (tertiary/aromatic N) is 3. The summed E-state index contributed by atoms with van der Waals surface area (Å²) in [5.41, 5.74) is 1.26. The molecule has 0 aliphatic carbocycles. The number of sulfonamides is 1. The SMILES string of the molecule is Cc1nn(CCCl)c(C)c1S(=O)(=O)N1CCCC(C)(C)C1. The van der Waals surface area contributed by atoms with Gasteiger partial charge in [0, 0.05) is 19.0 Å². The Morgan fingerprint density at radius 1 is 1.33 bits per heavy atom. The van der Waals surface area contributed by atoms with E-state index in [4.69, 9.17) is 11.6 Å². The summed E-state index contributed by atoms with van der Waals surface area (Å²) in [5.74, 6) is 0.415. The van der Waals surface area contributed by atoms with Gasteiger partial charge in [0.1, 0.15) is 4.90 Å². The van der Waals surface area contributed by atoms with E-state index in [1.807, 2.05) is 0 Å². The molecule has 0 radical (unpaired) electrons. The number of rotatable bonds is 4. The molecule has 0 unspecified atom stereocenters. The Kier molecular flexibility index (Phi) is 4.71. The highest BCUT2D eigenvalue weighted by molar-refractivity contribution is 7.89. The van der Waals surface area contributed by atoms with Crippen LogP contribution in [0.4, 0.5) is 0 Å². The monoisotopic (exact) mass is 333 g/mol. The first-order valence-corrected chi connectivity index (χ1v) is 9.26. The van der Waals surface area contributed by atoms with E-state index >= 15 is 0 Å². The number of alkyl halides is 1. The van der Waals surface area contributed by atoms with Crippen LogP contribution in [0.5, 0.6) is 0 Å². The molecule has 1 saturated heterocycles. The lowest BCUT2D eigenvalue weighted by Gasteiger charge is -2.37. The predicted octanol–water partition coefficient (Wildman–Crippen LogP) is 2.55. The zero-order valence-corrected chi connectivity index (χ0v) is 14.8. The van der Waals surface area contributed by atoms with E-state index in [2.05, 4.69) is 18.9 Å². The molecular formula is C14H24ClN3O2S. The van der Waals surface area contributed by atoms with Crippen molar-refractivity contribution in [3.8, 4) is 0 Å². The van der Waals surface area contributed by atoms with Crippen LogP contribution in [0.25, 0.3) is 0 Å². The maximum atomic E-state index is 13.0. The van der Waals surface area contributed by atoms with Crippen molar-refractivity contribution in [1.29, 1.82) is 0 Å². The first-order valence-electron chi connectivity index (χ1n) is 7.29. The second kappa shape index (κ2) is 5.89. The van der Waals surface area contributed by atoms with Crippen molar-refractivity contribution in [3.63, 3.8) is 0 Å². The minimum Gasteiger partial charge on any atom is -0.267 e. The number of hydrogen-bond donors (Lipinski definition) is 0. The lowest BCUT2D eigenvalue weighted by atomic mass is 9.85. The Morgan fingerprint density at radius 2 is 2.00 bits per heavy atom. The number of aryl methyl sites for hydroxylation is 2. The van der Waals surface area contributed by atoms with Gasteiger partial charge in [0.2, 0.25) is 10.0 Å². The highest BCUT2D eigenvalue weighted by Crippen LogP contribution is 2.33. The largest absolute Gasteiger partial charge is 0.267 e. The van der Waals surface area contributed by atoms with Gasteiger partial charge in [-0.15, -0.1) is 11.6 Å². The zero-order chi connectivity index (χ0) is 15.8. The van der Waals surface area contributed by atoms with Gasteiger partial charge < -0.3 is 0 Å². The van der Waals surface area contributed by atoms with Crippen molar-refractivity contribution in [3.05, 3.63) is 11.4 Å². The van der Waals surface area contributed by atoms with Gasteiger partial charge in [0.05, 0.1) is 17.9 Å². The second-order valence-electron chi connectivity index (χ2n) is 6.52. The van der Waals surface area contributed by atoms with Crippen LogP contribution in [0.3, 0.4) is 0 Å². The van der Waals surface area contributed by atoms with E-state index in [1.165, 1.54) is 0 Å². The molecule has 0 saturated carbocycles. The average molecular weight is 334 g/mol. The molecule has 21 heavy (non-hydrogen) atoms. The Labute approximate surface area is 132 Å². The number of hydrogen-bond acceptors (Lipinski definition) is 3. The first-order chi connectivity index (χ1) is 9.69. The predicted molar refractivity (Wildman–Crippen MR) is 84.2 cm³/mol. The Morgan fingerprint density at radius 3 is 2.57 bits per heavy atom. The maximum Gasteiger partial charge on any atom is 0.246 e. The van der Waals surface area contributed by atoms with E-state index in [9.17, 15) is 8.42 Å². The van der Waals surface area contributed by atoms with Crippen molar-refractivity contribution in [1.82, 2.24) is 14.1 Å². The molecule has 0 atom stereocenters. The topological polar surface area (TPSA) is 55.2 Å². The summed E-state index contributed by atoms with van der Waals surface area (Å²) < 4.78 is 29.2. The van der Waals surface area contributed by atoms with Gasteiger partial charge in [-0.3, -0.25) is 4.68 Å². The molecule has 1 aliphatic heterocycles. The lowest BCUT2D eigenvalue weighted by molar-refractivity contribution is 0.187. The summed E-state index contributed by atoms with van der Waals surface area (Å²) >= 11 is 5.75. The van der Waals surface area contributed by atoms with Crippen molar-refractivity contribution >= 4 is 21.6 Å². The van der Waals surface area contributed by atoms with Crippen LogP contribution in [-0.2, 0) is 16.6 Å². The van der Waals surface area contributed by atoms with Crippen molar-refractivity contribution < 1.29 is 8.42 Å². The molecular weight excluding hydrogens is 310 g/mol.